The molecule has 1 aromatic rings. The highest BCUT2D eigenvalue weighted by atomic mass is 16.6. The van der Waals surface area contributed by atoms with Gasteiger partial charge in [-0.15, -0.1) is 0 Å². The van der Waals surface area contributed by atoms with Gasteiger partial charge < -0.3 is 14.6 Å². The Labute approximate surface area is 136 Å². The third kappa shape index (κ3) is 9.42. The van der Waals surface area contributed by atoms with E-state index in [1.807, 2.05) is 61.6 Å². The number of hydrogen-bond acceptors (Lipinski definition) is 3. The number of carbonyl (C=O) groups is 1. The van der Waals surface area contributed by atoms with Crippen LogP contribution in [-0.2, 0) is 17.7 Å². The van der Waals surface area contributed by atoms with Gasteiger partial charge in [0.25, 0.3) is 0 Å². The van der Waals surface area contributed by atoms with E-state index in [2.05, 4.69) is 21.8 Å². The van der Waals surface area contributed by atoms with Crippen molar-refractivity contribution in [1.82, 2.24) is 14.9 Å². The van der Waals surface area contributed by atoms with Crippen molar-refractivity contribution in [2.24, 2.45) is 0 Å². The summed E-state index contributed by atoms with van der Waals surface area (Å²) in [6, 6.07) is 0. The van der Waals surface area contributed by atoms with Gasteiger partial charge in [-0.1, -0.05) is 34.6 Å². The summed E-state index contributed by atoms with van der Waals surface area (Å²) in [6.45, 7) is 18.9. The Morgan fingerprint density at radius 1 is 1.27 bits per heavy atom. The van der Waals surface area contributed by atoms with Crippen LogP contribution in [0, 0.1) is 6.92 Å². The van der Waals surface area contributed by atoms with Crippen molar-refractivity contribution < 1.29 is 9.53 Å². The molecule has 0 aliphatic rings. The SMILES string of the molecule is CC.CC.CCc1ncc(C)n1CCNC(=O)OC(C)(C)C. The molecule has 0 aromatic carbocycles. The molecule has 0 fully saturated rings. The second kappa shape index (κ2) is 12.1. The highest BCUT2D eigenvalue weighted by Gasteiger charge is 2.15. The number of amides is 1. The van der Waals surface area contributed by atoms with Crippen LogP contribution in [-0.4, -0.2) is 27.8 Å². The van der Waals surface area contributed by atoms with E-state index in [0.29, 0.717) is 13.1 Å². The van der Waals surface area contributed by atoms with Crippen molar-refractivity contribution >= 4 is 6.09 Å². The fraction of sp³-hybridized carbons (Fsp3) is 0.765. The van der Waals surface area contributed by atoms with E-state index in [9.17, 15) is 4.79 Å². The first-order valence-electron chi connectivity index (χ1n) is 8.31. The first kappa shape index (κ1) is 22.8. The monoisotopic (exact) mass is 313 g/mol. The Balaban J connectivity index is 0. The van der Waals surface area contributed by atoms with Crippen molar-refractivity contribution in [2.75, 3.05) is 6.54 Å². The normalized spacial score (nSPS) is 9.86. The Bertz CT molecular complexity index is 407. The lowest BCUT2D eigenvalue weighted by Gasteiger charge is -2.20. The van der Waals surface area contributed by atoms with Crippen molar-refractivity contribution in [2.45, 2.75) is 80.9 Å². The molecule has 0 aliphatic heterocycles. The zero-order valence-electron chi connectivity index (χ0n) is 15.9. The highest BCUT2D eigenvalue weighted by Crippen LogP contribution is 2.07. The summed E-state index contributed by atoms with van der Waals surface area (Å²) in [5.41, 5.74) is 0.654. The summed E-state index contributed by atoms with van der Waals surface area (Å²) >= 11 is 0. The molecule has 1 N–H and O–H groups in total. The Hall–Kier alpha value is -1.52. The summed E-state index contributed by atoms with van der Waals surface area (Å²) in [4.78, 5) is 15.8. The van der Waals surface area contributed by atoms with Crippen LogP contribution in [0.15, 0.2) is 6.20 Å². The molecule has 1 rings (SSSR count). The third-order valence-corrected chi connectivity index (χ3v) is 2.46. The van der Waals surface area contributed by atoms with Gasteiger partial charge in [0.1, 0.15) is 11.4 Å². The minimum atomic E-state index is -0.455. The summed E-state index contributed by atoms with van der Waals surface area (Å²) < 4.78 is 7.28. The molecular formula is C17H35N3O2. The van der Waals surface area contributed by atoms with Crippen LogP contribution in [0.1, 0.15) is 66.9 Å². The number of aromatic nitrogens is 2. The van der Waals surface area contributed by atoms with E-state index in [1.54, 1.807) is 0 Å². The standard InChI is InChI=1S/C13H23N3O2.2C2H6/c1-6-11-15-9-10(2)16(11)8-7-14-12(17)18-13(3,4)5;2*1-2/h9H,6-8H2,1-5H3,(H,14,17);2*1-2H3. The second-order valence-electron chi connectivity index (χ2n) is 5.25. The van der Waals surface area contributed by atoms with Crippen LogP contribution in [0.4, 0.5) is 4.79 Å². The number of hydrogen-bond donors (Lipinski definition) is 1. The van der Waals surface area contributed by atoms with Crippen LogP contribution >= 0.6 is 0 Å². The highest BCUT2D eigenvalue weighted by molar-refractivity contribution is 5.67. The number of carbonyl (C=O) groups excluding carboxylic acids is 1. The lowest BCUT2D eigenvalue weighted by atomic mass is 10.2. The average molecular weight is 313 g/mol. The average Bonchev–Trinajstić information content (AvgIpc) is 2.82. The minimum absolute atomic E-state index is 0.377. The first-order valence-corrected chi connectivity index (χ1v) is 8.31. The van der Waals surface area contributed by atoms with E-state index in [0.717, 1.165) is 17.9 Å². The van der Waals surface area contributed by atoms with E-state index >= 15 is 0 Å². The molecule has 1 aromatic heterocycles. The molecule has 5 heteroatoms. The van der Waals surface area contributed by atoms with Gasteiger partial charge in [0.15, 0.2) is 0 Å². The van der Waals surface area contributed by atoms with Gasteiger partial charge >= 0.3 is 6.09 Å². The number of ether oxygens (including phenoxy) is 1. The van der Waals surface area contributed by atoms with Crippen LogP contribution < -0.4 is 5.32 Å². The maximum absolute atomic E-state index is 11.5. The largest absolute Gasteiger partial charge is 0.444 e. The molecule has 0 aliphatic carbocycles. The maximum atomic E-state index is 11.5. The molecule has 0 bridgehead atoms. The Kier molecular flexibility index (Phi) is 12.5. The minimum Gasteiger partial charge on any atom is -0.444 e. The van der Waals surface area contributed by atoms with Gasteiger partial charge in [-0.3, -0.25) is 0 Å². The van der Waals surface area contributed by atoms with Crippen LogP contribution in [0.5, 0.6) is 0 Å². The zero-order valence-corrected chi connectivity index (χ0v) is 15.9. The lowest BCUT2D eigenvalue weighted by molar-refractivity contribution is 0.0526. The molecule has 130 valence electrons. The van der Waals surface area contributed by atoms with Crippen molar-refractivity contribution in [3.05, 3.63) is 17.7 Å². The number of nitrogens with one attached hydrogen (secondary N) is 1. The van der Waals surface area contributed by atoms with Gasteiger partial charge in [0, 0.05) is 31.4 Å². The molecule has 0 radical (unpaired) electrons. The van der Waals surface area contributed by atoms with Gasteiger partial charge in [0.05, 0.1) is 0 Å². The molecule has 0 unspecified atom stereocenters. The summed E-state index contributed by atoms with van der Waals surface area (Å²) in [7, 11) is 0. The van der Waals surface area contributed by atoms with E-state index in [1.165, 1.54) is 0 Å². The molecule has 0 spiro atoms. The quantitative estimate of drug-likeness (QED) is 0.900. The molecule has 1 heterocycles. The summed E-state index contributed by atoms with van der Waals surface area (Å²) in [5, 5.41) is 2.75. The topological polar surface area (TPSA) is 56.2 Å². The van der Waals surface area contributed by atoms with E-state index in [-0.39, 0.29) is 6.09 Å². The molecule has 0 saturated heterocycles. The van der Waals surface area contributed by atoms with E-state index < -0.39 is 5.60 Å². The van der Waals surface area contributed by atoms with Gasteiger partial charge in [-0.25, -0.2) is 9.78 Å². The van der Waals surface area contributed by atoms with Crippen LogP contribution in [0.3, 0.4) is 0 Å². The number of rotatable bonds is 4. The Morgan fingerprint density at radius 2 is 1.82 bits per heavy atom. The fourth-order valence-electron chi connectivity index (χ4n) is 1.68. The maximum Gasteiger partial charge on any atom is 0.407 e. The molecule has 22 heavy (non-hydrogen) atoms. The molecule has 0 atom stereocenters. The number of imidazole rings is 1. The predicted octanol–water partition coefficient (Wildman–Crippen LogP) is 4.33. The fourth-order valence-corrected chi connectivity index (χ4v) is 1.68. The summed E-state index contributed by atoms with van der Waals surface area (Å²) in [6.07, 6.45) is 2.37. The summed E-state index contributed by atoms with van der Waals surface area (Å²) in [5.74, 6) is 1.04. The lowest BCUT2D eigenvalue weighted by Crippen LogP contribution is -2.34. The van der Waals surface area contributed by atoms with Gasteiger partial charge in [-0.05, 0) is 27.7 Å². The zero-order chi connectivity index (χ0) is 17.8. The second-order valence-corrected chi connectivity index (χ2v) is 5.25. The number of alkyl carbamates (subject to hydrolysis) is 1. The smallest absolute Gasteiger partial charge is 0.407 e. The molecule has 1 amide bonds. The predicted molar refractivity (Wildman–Crippen MR) is 93.3 cm³/mol. The first-order chi connectivity index (χ1) is 10.3. The Morgan fingerprint density at radius 3 is 2.27 bits per heavy atom. The van der Waals surface area contributed by atoms with Crippen molar-refractivity contribution in [1.29, 1.82) is 0 Å². The number of nitrogens with zero attached hydrogens (tertiary/aromatic N) is 2. The van der Waals surface area contributed by atoms with Crippen LogP contribution in [0.25, 0.3) is 0 Å². The molecule has 0 saturated carbocycles. The van der Waals surface area contributed by atoms with Crippen LogP contribution in [0.2, 0.25) is 0 Å². The van der Waals surface area contributed by atoms with Crippen molar-refractivity contribution in [3.8, 4) is 0 Å². The van der Waals surface area contributed by atoms with Gasteiger partial charge in [-0.2, -0.15) is 0 Å². The molecular weight excluding hydrogens is 278 g/mol. The van der Waals surface area contributed by atoms with E-state index in [4.69, 9.17) is 4.74 Å². The third-order valence-electron chi connectivity index (χ3n) is 2.46. The molecule has 5 nitrogen and oxygen atoms in total. The number of aryl methyl sites for hydroxylation is 2. The van der Waals surface area contributed by atoms with Crippen molar-refractivity contribution in [3.63, 3.8) is 0 Å². The van der Waals surface area contributed by atoms with Gasteiger partial charge in [0.2, 0.25) is 0 Å².